The second-order valence-electron chi connectivity index (χ2n) is 5.88. The standard InChI is InChI=1S/C22H19N3/c1-3-10-18(11-4-1)23-22(24-19-12-5-2-6-13-19)21-16-15-17-9-7-8-14-20(17)25-21/h1-16,22-24H. The zero-order valence-electron chi connectivity index (χ0n) is 13.8. The molecule has 3 heteroatoms. The Morgan fingerprint density at radius 3 is 1.76 bits per heavy atom. The predicted molar refractivity (Wildman–Crippen MR) is 105 cm³/mol. The Bertz CT molecular complexity index is 911. The number of hydrogen-bond acceptors (Lipinski definition) is 3. The van der Waals surface area contributed by atoms with E-state index in [1.54, 1.807) is 0 Å². The van der Waals surface area contributed by atoms with Crippen molar-refractivity contribution in [2.24, 2.45) is 0 Å². The average molecular weight is 325 g/mol. The van der Waals surface area contributed by atoms with E-state index in [1.165, 1.54) is 0 Å². The summed E-state index contributed by atoms with van der Waals surface area (Å²) in [5.74, 6) is 0. The molecule has 0 aliphatic heterocycles. The first-order valence-corrected chi connectivity index (χ1v) is 8.37. The van der Waals surface area contributed by atoms with Crippen molar-refractivity contribution in [2.45, 2.75) is 6.17 Å². The molecule has 0 aliphatic carbocycles. The maximum absolute atomic E-state index is 4.84. The Balaban J connectivity index is 1.69. The average Bonchev–Trinajstić information content (AvgIpc) is 2.69. The summed E-state index contributed by atoms with van der Waals surface area (Å²) in [6, 6.07) is 32.7. The van der Waals surface area contributed by atoms with Gasteiger partial charge in [-0.05, 0) is 36.4 Å². The van der Waals surface area contributed by atoms with Crippen LogP contribution in [0.1, 0.15) is 11.9 Å². The van der Waals surface area contributed by atoms with Crippen LogP contribution in [0.25, 0.3) is 10.9 Å². The highest BCUT2D eigenvalue weighted by atomic mass is 15.1. The molecule has 0 saturated heterocycles. The van der Waals surface area contributed by atoms with Gasteiger partial charge in [0, 0.05) is 16.8 Å². The van der Waals surface area contributed by atoms with Gasteiger partial charge in [-0.2, -0.15) is 0 Å². The highest BCUT2D eigenvalue weighted by Gasteiger charge is 2.13. The third-order valence-corrected chi connectivity index (χ3v) is 4.09. The first-order chi connectivity index (χ1) is 12.4. The molecule has 4 aromatic rings. The zero-order valence-corrected chi connectivity index (χ0v) is 13.8. The van der Waals surface area contributed by atoms with Crippen LogP contribution in [0.2, 0.25) is 0 Å². The summed E-state index contributed by atoms with van der Waals surface area (Å²) < 4.78 is 0. The Morgan fingerprint density at radius 2 is 1.12 bits per heavy atom. The monoisotopic (exact) mass is 325 g/mol. The van der Waals surface area contributed by atoms with Gasteiger partial charge in [0.15, 0.2) is 0 Å². The van der Waals surface area contributed by atoms with E-state index in [-0.39, 0.29) is 6.17 Å². The highest BCUT2D eigenvalue weighted by Crippen LogP contribution is 2.23. The van der Waals surface area contributed by atoms with Crippen molar-refractivity contribution in [3.8, 4) is 0 Å². The van der Waals surface area contributed by atoms with Crippen LogP contribution in [-0.2, 0) is 0 Å². The Morgan fingerprint density at radius 1 is 0.560 bits per heavy atom. The van der Waals surface area contributed by atoms with Gasteiger partial charge in [-0.3, -0.25) is 0 Å². The fourth-order valence-electron chi connectivity index (χ4n) is 2.83. The fraction of sp³-hybridized carbons (Fsp3) is 0.0455. The molecular formula is C22H19N3. The third kappa shape index (κ3) is 3.61. The van der Waals surface area contributed by atoms with E-state index in [4.69, 9.17) is 4.98 Å². The van der Waals surface area contributed by atoms with Crippen LogP contribution in [-0.4, -0.2) is 4.98 Å². The Kier molecular flexibility index (Phi) is 4.29. The van der Waals surface area contributed by atoms with E-state index in [1.807, 2.05) is 54.6 Å². The highest BCUT2D eigenvalue weighted by molar-refractivity contribution is 5.78. The molecule has 25 heavy (non-hydrogen) atoms. The molecule has 0 aliphatic rings. The number of hydrogen-bond donors (Lipinski definition) is 2. The van der Waals surface area contributed by atoms with Crippen molar-refractivity contribution in [3.63, 3.8) is 0 Å². The molecule has 0 amide bonds. The molecule has 0 radical (unpaired) electrons. The van der Waals surface area contributed by atoms with E-state index < -0.39 is 0 Å². The number of aromatic nitrogens is 1. The molecule has 0 bridgehead atoms. The summed E-state index contributed by atoms with van der Waals surface area (Å²) in [6.07, 6.45) is -0.130. The van der Waals surface area contributed by atoms with Crippen LogP contribution in [0.3, 0.4) is 0 Å². The first kappa shape index (κ1) is 15.2. The predicted octanol–water partition coefficient (Wildman–Crippen LogP) is 5.46. The number of para-hydroxylation sites is 3. The van der Waals surface area contributed by atoms with E-state index in [0.29, 0.717) is 0 Å². The van der Waals surface area contributed by atoms with Gasteiger partial charge in [0.2, 0.25) is 0 Å². The normalized spacial score (nSPS) is 10.8. The van der Waals surface area contributed by atoms with Crippen LogP contribution in [0.15, 0.2) is 97.1 Å². The van der Waals surface area contributed by atoms with Crippen molar-refractivity contribution in [1.29, 1.82) is 0 Å². The molecule has 3 nitrogen and oxygen atoms in total. The second kappa shape index (κ2) is 7.05. The van der Waals surface area contributed by atoms with Crippen molar-refractivity contribution in [3.05, 3.63) is 103 Å². The molecule has 2 N–H and O–H groups in total. The minimum Gasteiger partial charge on any atom is -0.360 e. The van der Waals surface area contributed by atoms with Crippen molar-refractivity contribution >= 4 is 22.3 Å². The third-order valence-electron chi connectivity index (χ3n) is 4.09. The number of pyridine rings is 1. The van der Waals surface area contributed by atoms with Gasteiger partial charge >= 0.3 is 0 Å². The largest absolute Gasteiger partial charge is 0.360 e. The molecule has 122 valence electrons. The van der Waals surface area contributed by atoms with Crippen molar-refractivity contribution < 1.29 is 0 Å². The molecular weight excluding hydrogens is 306 g/mol. The fourth-order valence-corrected chi connectivity index (χ4v) is 2.83. The molecule has 4 rings (SSSR count). The second-order valence-corrected chi connectivity index (χ2v) is 5.88. The minimum atomic E-state index is -0.130. The Labute approximate surface area is 147 Å². The number of fused-ring (bicyclic) bond motifs is 1. The minimum absolute atomic E-state index is 0.130. The summed E-state index contributed by atoms with van der Waals surface area (Å²) in [5.41, 5.74) is 4.04. The lowest BCUT2D eigenvalue weighted by atomic mass is 10.1. The number of benzene rings is 3. The summed E-state index contributed by atoms with van der Waals surface area (Å²) in [7, 11) is 0. The van der Waals surface area contributed by atoms with E-state index >= 15 is 0 Å². The lowest BCUT2D eigenvalue weighted by Crippen LogP contribution is -2.21. The molecule has 0 fully saturated rings. The Hall–Kier alpha value is -3.33. The van der Waals surface area contributed by atoms with Crippen LogP contribution in [0.5, 0.6) is 0 Å². The van der Waals surface area contributed by atoms with Gasteiger partial charge in [0.05, 0.1) is 11.2 Å². The van der Waals surface area contributed by atoms with E-state index in [0.717, 1.165) is 28.0 Å². The van der Waals surface area contributed by atoms with Gasteiger partial charge in [-0.1, -0.05) is 60.7 Å². The molecule has 0 spiro atoms. The van der Waals surface area contributed by atoms with Gasteiger partial charge in [0.1, 0.15) is 6.17 Å². The molecule has 1 heterocycles. The molecule has 0 atom stereocenters. The van der Waals surface area contributed by atoms with Crippen molar-refractivity contribution in [1.82, 2.24) is 4.98 Å². The van der Waals surface area contributed by atoms with E-state index in [9.17, 15) is 0 Å². The van der Waals surface area contributed by atoms with Gasteiger partial charge in [-0.25, -0.2) is 4.98 Å². The summed E-state index contributed by atoms with van der Waals surface area (Å²) in [5, 5.41) is 8.21. The molecule has 0 saturated carbocycles. The SMILES string of the molecule is c1ccc(NC(Nc2ccccc2)c2ccc3ccccc3n2)cc1. The van der Waals surface area contributed by atoms with Gasteiger partial charge in [0.25, 0.3) is 0 Å². The van der Waals surface area contributed by atoms with Crippen LogP contribution in [0, 0.1) is 0 Å². The lowest BCUT2D eigenvalue weighted by Gasteiger charge is -2.22. The summed E-state index contributed by atoms with van der Waals surface area (Å²) >= 11 is 0. The zero-order chi connectivity index (χ0) is 16.9. The van der Waals surface area contributed by atoms with Gasteiger partial charge < -0.3 is 10.6 Å². The van der Waals surface area contributed by atoms with Crippen LogP contribution < -0.4 is 10.6 Å². The topological polar surface area (TPSA) is 37.0 Å². The smallest absolute Gasteiger partial charge is 0.140 e. The first-order valence-electron chi connectivity index (χ1n) is 8.37. The maximum atomic E-state index is 4.84. The maximum Gasteiger partial charge on any atom is 0.140 e. The van der Waals surface area contributed by atoms with Gasteiger partial charge in [-0.15, -0.1) is 0 Å². The molecule has 0 unspecified atom stereocenters. The number of nitrogens with zero attached hydrogens (tertiary/aromatic N) is 1. The summed E-state index contributed by atoms with van der Waals surface area (Å²) in [4.78, 5) is 4.84. The van der Waals surface area contributed by atoms with E-state index in [2.05, 4.69) is 53.1 Å². The van der Waals surface area contributed by atoms with Crippen molar-refractivity contribution in [2.75, 3.05) is 10.6 Å². The number of rotatable bonds is 5. The molecule has 1 aromatic heterocycles. The molecule has 3 aromatic carbocycles. The quantitative estimate of drug-likeness (QED) is 0.479. The van der Waals surface area contributed by atoms with Crippen LogP contribution in [0.4, 0.5) is 11.4 Å². The number of nitrogens with one attached hydrogen (secondary N) is 2. The van der Waals surface area contributed by atoms with Crippen LogP contribution >= 0.6 is 0 Å². The lowest BCUT2D eigenvalue weighted by molar-refractivity contribution is 0.863. The summed E-state index contributed by atoms with van der Waals surface area (Å²) in [6.45, 7) is 0. The number of anilines is 2.